The molecular formula is C12H25NOSe. The average molecular weight is 278 g/mol. The third-order valence-electron chi connectivity index (χ3n) is 3.12. The van der Waals surface area contributed by atoms with Gasteiger partial charge in [0.2, 0.25) is 0 Å². The maximum absolute atomic E-state index is 11.2. The molecule has 0 aliphatic rings. The summed E-state index contributed by atoms with van der Waals surface area (Å²) in [5, 5.41) is 0. The first-order valence-electron chi connectivity index (χ1n) is 5.41. The van der Waals surface area contributed by atoms with E-state index < -0.39 is 0 Å². The van der Waals surface area contributed by atoms with Crippen LogP contribution in [0, 0.1) is 11.3 Å². The minimum absolute atomic E-state index is 0.110. The van der Waals surface area contributed by atoms with E-state index in [0.717, 1.165) is 0 Å². The third-order valence-corrected chi connectivity index (χ3v) is 5.87. The Labute approximate surface area is 101 Å². The second-order valence-corrected chi connectivity index (χ2v) is 7.25. The summed E-state index contributed by atoms with van der Waals surface area (Å²) in [5.74, 6) is 3.13. The molecule has 0 bridgehead atoms. The fraction of sp³-hybridized carbons (Fsp3) is 0.917. The Bertz CT molecular complexity index is 214. The van der Waals surface area contributed by atoms with E-state index >= 15 is 0 Å². The molecule has 0 fully saturated rings. The zero-order valence-corrected chi connectivity index (χ0v) is 12.8. The second-order valence-electron chi connectivity index (χ2n) is 5.25. The number of hydrogen-bond acceptors (Lipinski definition) is 2. The first kappa shape index (κ1) is 15.1. The second kappa shape index (κ2) is 6.03. The van der Waals surface area contributed by atoms with Crippen LogP contribution in [0.2, 0.25) is 5.82 Å². The van der Waals surface area contributed by atoms with Gasteiger partial charge in [0.25, 0.3) is 0 Å². The molecule has 0 spiro atoms. The van der Waals surface area contributed by atoms with Crippen LogP contribution < -0.4 is 0 Å². The maximum atomic E-state index is 11.2. The molecule has 0 aromatic rings. The summed E-state index contributed by atoms with van der Waals surface area (Å²) in [5.41, 5.74) is 0.110. The van der Waals surface area contributed by atoms with Crippen LogP contribution in [-0.4, -0.2) is 44.7 Å². The van der Waals surface area contributed by atoms with E-state index in [0.29, 0.717) is 38.0 Å². The number of carbonyl (C=O) groups excluding carboxylic acids is 1. The van der Waals surface area contributed by atoms with E-state index in [9.17, 15) is 4.79 Å². The Morgan fingerprint density at radius 3 is 2.13 bits per heavy atom. The van der Waals surface area contributed by atoms with Crippen LogP contribution in [0.15, 0.2) is 0 Å². The molecular weight excluding hydrogens is 253 g/mol. The van der Waals surface area contributed by atoms with Crippen molar-refractivity contribution in [2.75, 3.05) is 14.1 Å². The van der Waals surface area contributed by atoms with Crippen LogP contribution in [0.5, 0.6) is 0 Å². The van der Waals surface area contributed by atoms with Gasteiger partial charge in [-0.3, -0.25) is 0 Å². The Kier molecular flexibility index (Phi) is 6.09. The molecule has 2 unspecified atom stereocenters. The minimum atomic E-state index is 0.110. The topological polar surface area (TPSA) is 20.3 Å². The fourth-order valence-corrected chi connectivity index (χ4v) is 4.56. The summed E-state index contributed by atoms with van der Waals surface area (Å²) in [4.78, 5) is 14.2. The zero-order chi connectivity index (χ0) is 12.2. The summed E-state index contributed by atoms with van der Waals surface area (Å²) < 4.78 is 0. The Hall–Kier alpha value is 0.149. The molecule has 3 heteroatoms. The van der Waals surface area contributed by atoms with Crippen molar-refractivity contribution in [2.24, 2.45) is 11.3 Å². The summed E-state index contributed by atoms with van der Waals surface area (Å²) in [6, 6.07) is 0. The van der Waals surface area contributed by atoms with Gasteiger partial charge in [0, 0.05) is 0 Å². The van der Waals surface area contributed by atoms with Crippen LogP contribution >= 0.6 is 0 Å². The van der Waals surface area contributed by atoms with Gasteiger partial charge >= 0.3 is 101 Å². The van der Waals surface area contributed by atoms with Crippen molar-refractivity contribution in [2.45, 2.75) is 44.9 Å². The van der Waals surface area contributed by atoms with Gasteiger partial charge in [-0.25, -0.2) is 0 Å². The molecule has 0 saturated heterocycles. The molecule has 90 valence electrons. The molecule has 0 aromatic carbocycles. The molecule has 2 atom stereocenters. The van der Waals surface area contributed by atoms with Gasteiger partial charge in [0.1, 0.15) is 0 Å². The fourth-order valence-electron chi connectivity index (χ4n) is 2.05. The summed E-state index contributed by atoms with van der Waals surface area (Å²) in [7, 11) is 4.27. The summed E-state index contributed by atoms with van der Waals surface area (Å²) >= 11 is 0.594. The molecule has 0 aromatic heterocycles. The Balaban J connectivity index is 4.64. The Morgan fingerprint density at radius 2 is 1.87 bits per heavy atom. The third kappa shape index (κ3) is 4.67. The van der Waals surface area contributed by atoms with Gasteiger partial charge in [-0.05, 0) is 0 Å². The van der Waals surface area contributed by atoms with Crippen LogP contribution in [0.1, 0.15) is 34.1 Å². The van der Waals surface area contributed by atoms with Gasteiger partial charge in [-0.2, -0.15) is 0 Å². The standard InChI is InChI=1S/C12H25NOSe/c1-9(14)8-12(3,4)10(2)11(15-7)13(5)6/h10-11H,8H2,1-7H3. The zero-order valence-electron chi connectivity index (χ0n) is 11.1. The summed E-state index contributed by atoms with van der Waals surface area (Å²) in [6.45, 7) is 8.39. The molecule has 0 aliphatic carbocycles. The van der Waals surface area contributed by atoms with Crippen molar-refractivity contribution >= 4 is 20.7 Å². The van der Waals surface area contributed by atoms with E-state index in [4.69, 9.17) is 0 Å². The van der Waals surface area contributed by atoms with Crippen LogP contribution in [-0.2, 0) is 4.79 Å². The molecule has 0 saturated carbocycles. The van der Waals surface area contributed by atoms with Gasteiger partial charge in [-0.1, -0.05) is 0 Å². The van der Waals surface area contributed by atoms with Gasteiger partial charge < -0.3 is 0 Å². The van der Waals surface area contributed by atoms with Crippen molar-refractivity contribution in [1.29, 1.82) is 0 Å². The van der Waals surface area contributed by atoms with E-state index in [-0.39, 0.29) is 5.41 Å². The number of carbonyl (C=O) groups is 1. The van der Waals surface area contributed by atoms with Crippen molar-refractivity contribution in [3.05, 3.63) is 0 Å². The van der Waals surface area contributed by atoms with Gasteiger partial charge in [-0.15, -0.1) is 0 Å². The van der Waals surface area contributed by atoms with Crippen molar-refractivity contribution < 1.29 is 4.79 Å². The van der Waals surface area contributed by atoms with E-state index in [2.05, 4.69) is 45.6 Å². The monoisotopic (exact) mass is 279 g/mol. The van der Waals surface area contributed by atoms with Gasteiger partial charge in [0.05, 0.1) is 0 Å². The van der Waals surface area contributed by atoms with Crippen LogP contribution in [0.3, 0.4) is 0 Å². The molecule has 0 heterocycles. The molecule has 0 N–H and O–H groups in total. The normalized spacial score (nSPS) is 16.5. The predicted octanol–water partition coefficient (Wildman–Crippen LogP) is 2.27. The molecule has 0 rings (SSSR count). The molecule has 0 radical (unpaired) electrons. The van der Waals surface area contributed by atoms with Crippen molar-refractivity contribution in [3.63, 3.8) is 0 Å². The SMILES string of the molecule is C[Se]C(C(C)C(C)(C)CC(C)=O)N(C)C. The number of Topliss-reactive ketones (excluding diaryl/α,β-unsaturated/α-hetero) is 1. The van der Waals surface area contributed by atoms with Crippen molar-refractivity contribution in [1.82, 2.24) is 4.90 Å². The number of rotatable bonds is 6. The van der Waals surface area contributed by atoms with Crippen LogP contribution in [0.25, 0.3) is 0 Å². The number of hydrogen-bond donors (Lipinski definition) is 0. The first-order valence-corrected chi connectivity index (χ1v) is 8.11. The summed E-state index contributed by atoms with van der Waals surface area (Å²) in [6.07, 6.45) is 0.689. The van der Waals surface area contributed by atoms with E-state index in [1.807, 2.05) is 0 Å². The predicted molar refractivity (Wildman–Crippen MR) is 67.3 cm³/mol. The molecule has 2 nitrogen and oxygen atoms in total. The first-order chi connectivity index (χ1) is 6.72. The van der Waals surface area contributed by atoms with E-state index in [1.54, 1.807) is 6.92 Å². The van der Waals surface area contributed by atoms with Gasteiger partial charge in [0.15, 0.2) is 0 Å². The molecule has 0 amide bonds. The quantitative estimate of drug-likeness (QED) is 0.695. The van der Waals surface area contributed by atoms with Crippen LogP contribution in [0.4, 0.5) is 0 Å². The molecule has 15 heavy (non-hydrogen) atoms. The number of ketones is 1. The van der Waals surface area contributed by atoms with Crippen molar-refractivity contribution in [3.8, 4) is 0 Å². The Morgan fingerprint density at radius 1 is 1.40 bits per heavy atom. The average Bonchev–Trinajstić information content (AvgIpc) is 2.01. The molecule has 0 aliphatic heterocycles. The van der Waals surface area contributed by atoms with E-state index in [1.165, 1.54) is 0 Å². The number of nitrogens with zero attached hydrogens (tertiary/aromatic N) is 1.